The molecule has 1 aromatic rings. The summed E-state index contributed by atoms with van der Waals surface area (Å²) in [5, 5.41) is 10.0. The molecule has 0 aliphatic carbocycles. The average molecular weight is 287 g/mol. The number of hydrogen-bond acceptors (Lipinski definition) is 4. The smallest absolute Gasteiger partial charge is 0.0899 e. The Labute approximate surface area is 99.5 Å². The molecule has 0 saturated heterocycles. The van der Waals surface area contributed by atoms with E-state index in [2.05, 4.69) is 8.55 Å². The van der Waals surface area contributed by atoms with E-state index >= 15 is 0 Å². The van der Waals surface area contributed by atoms with E-state index in [4.69, 9.17) is 0 Å². The third kappa shape index (κ3) is 8.31. The van der Waals surface area contributed by atoms with E-state index in [1.165, 1.54) is 12.3 Å². The van der Waals surface area contributed by atoms with Crippen molar-refractivity contribution in [2.75, 3.05) is 6.61 Å². The van der Waals surface area contributed by atoms with Gasteiger partial charge in [0.2, 0.25) is 0 Å². The van der Waals surface area contributed by atoms with E-state index in [9.17, 15) is 23.1 Å². The molecule has 0 aromatic carbocycles. The molecule has 0 aliphatic heterocycles. The van der Waals surface area contributed by atoms with Crippen molar-refractivity contribution in [3.05, 3.63) is 30.1 Å². The minimum atomic E-state index is -4.14. The molecule has 0 unspecified atom stereocenters. The summed E-state index contributed by atoms with van der Waals surface area (Å²) in [5.74, 6) is -1.24. The molecule has 0 spiro atoms. The standard InChI is InChI=1S/C6H5NO2.C2H2F3O.Zn/c8-6(9)5-3-1-2-4-7-5;3-2(4,5)1-6;/h1-4H,(H,8,9);1H2;/q;-1;+2/p-1. The van der Waals surface area contributed by atoms with Crippen LogP contribution in [-0.4, -0.2) is 23.7 Å². The van der Waals surface area contributed by atoms with Crippen molar-refractivity contribution in [1.82, 2.24) is 4.98 Å². The van der Waals surface area contributed by atoms with Gasteiger partial charge in [-0.25, -0.2) is 0 Å². The molecule has 4 nitrogen and oxygen atoms in total. The molecule has 0 fully saturated rings. The Morgan fingerprint density at radius 1 is 1.50 bits per heavy atom. The number of carbonyl (C=O) groups is 1. The van der Waals surface area contributed by atoms with Gasteiger partial charge in [0.25, 0.3) is 0 Å². The number of hydrogen-bond donors (Lipinski definition) is 0. The summed E-state index contributed by atoms with van der Waals surface area (Å²) in [6.07, 6.45) is -2.73. The Morgan fingerprint density at radius 3 is 2.31 bits per heavy atom. The Bertz CT molecular complexity index is 318. The van der Waals surface area contributed by atoms with Crippen LogP contribution in [0.15, 0.2) is 24.4 Å². The molecule has 0 aliphatic rings. The fourth-order valence-corrected chi connectivity index (χ4v) is 1.08. The summed E-state index contributed by atoms with van der Waals surface area (Å²) >= 11 is 0.236. The van der Waals surface area contributed by atoms with Crippen LogP contribution in [0.1, 0.15) is 10.5 Å². The number of rotatable bonds is 2. The molecular formula is C8H6F3NO3Zn. The van der Waals surface area contributed by atoms with Crippen molar-refractivity contribution in [3.8, 4) is 0 Å². The van der Waals surface area contributed by atoms with Crippen LogP contribution in [-0.2, 0) is 22.2 Å². The maximum absolute atomic E-state index is 11.0. The van der Waals surface area contributed by atoms with Crippen LogP contribution in [0.5, 0.6) is 0 Å². The normalized spacial score (nSPS) is 10.3. The number of carboxylic acids is 1. The summed E-state index contributed by atoms with van der Waals surface area (Å²) in [5.41, 5.74) is -0.0301. The first-order chi connectivity index (χ1) is 7.37. The van der Waals surface area contributed by atoms with Gasteiger partial charge in [-0.15, -0.1) is 0 Å². The van der Waals surface area contributed by atoms with Crippen molar-refractivity contribution in [2.24, 2.45) is 0 Å². The number of pyridine rings is 1. The molecule has 16 heavy (non-hydrogen) atoms. The van der Waals surface area contributed by atoms with Crippen LogP contribution >= 0.6 is 0 Å². The van der Waals surface area contributed by atoms with Gasteiger partial charge in [0.15, 0.2) is 0 Å². The summed E-state index contributed by atoms with van der Waals surface area (Å²) in [6.45, 7) is -1.10. The first-order valence-electron chi connectivity index (χ1n) is 3.93. The Morgan fingerprint density at radius 2 is 2.12 bits per heavy atom. The Kier molecular flexibility index (Phi) is 6.84. The minimum absolute atomic E-state index is 0.0301. The SMILES string of the molecule is FC(F)(F)C[O][Zn+].O=C([O-])c1ccccn1. The van der Waals surface area contributed by atoms with Crippen LogP contribution in [0, 0.1) is 0 Å². The maximum atomic E-state index is 11.0. The molecule has 1 aromatic heterocycles. The second-order valence-corrected chi connectivity index (χ2v) is 3.32. The van der Waals surface area contributed by atoms with Crippen LogP contribution in [0.2, 0.25) is 0 Å². The second kappa shape index (κ2) is 7.30. The number of aromatic carboxylic acids is 1. The van der Waals surface area contributed by atoms with Crippen molar-refractivity contribution >= 4 is 5.97 Å². The number of carbonyl (C=O) groups excluding carboxylic acids is 1. The van der Waals surface area contributed by atoms with Crippen LogP contribution in [0.25, 0.3) is 0 Å². The van der Waals surface area contributed by atoms with Crippen molar-refractivity contribution < 1.29 is 45.3 Å². The topological polar surface area (TPSA) is 62.2 Å². The number of carboxylic acid groups (broad SMARTS) is 1. The quantitative estimate of drug-likeness (QED) is 0.742. The van der Waals surface area contributed by atoms with E-state index in [-0.39, 0.29) is 24.4 Å². The van der Waals surface area contributed by atoms with Gasteiger partial charge in [-0.05, 0) is 12.1 Å². The van der Waals surface area contributed by atoms with Gasteiger partial charge in [-0.1, -0.05) is 6.07 Å². The first kappa shape index (κ1) is 15.0. The van der Waals surface area contributed by atoms with Gasteiger partial charge in [-0.2, -0.15) is 0 Å². The van der Waals surface area contributed by atoms with Gasteiger partial charge in [-0.3, -0.25) is 4.98 Å². The summed E-state index contributed by atoms with van der Waals surface area (Å²) in [6, 6.07) is 4.62. The monoisotopic (exact) mass is 285 g/mol. The van der Waals surface area contributed by atoms with Gasteiger partial charge in [0.1, 0.15) is 0 Å². The van der Waals surface area contributed by atoms with Crippen molar-refractivity contribution in [1.29, 1.82) is 0 Å². The molecule has 1 rings (SSSR count). The predicted molar refractivity (Wildman–Crippen MR) is 40.6 cm³/mol. The van der Waals surface area contributed by atoms with Crippen molar-refractivity contribution in [2.45, 2.75) is 6.18 Å². The van der Waals surface area contributed by atoms with Gasteiger partial charge >= 0.3 is 48.2 Å². The molecule has 0 bridgehead atoms. The van der Waals surface area contributed by atoms with E-state index in [0.717, 1.165) is 0 Å². The molecule has 1 heterocycles. The number of halogens is 3. The van der Waals surface area contributed by atoms with Crippen molar-refractivity contribution in [3.63, 3.8) is 0 Å². The van der Waals surface area contributed by atoms with Gasteiger partial charge in [0, 0.05) is 6.20 Å². The number of alkyl halides is 3. The van der Waals surface area contributed by atoms with Gasteiger partial charge < -0.3 is 9.90 Å². The minimum Gasteiger partial charge on any atom is -0.543 e. The third-order valence-electron chi connectivity index (χ3n) is 1.14. The molecule has 0 amide bonds. The first-order valence-corrected chi connectivity index (χ1v) is 5.14. The number of nitrogens with zero attached hydrogens (tertiary/aromatic N) is 1. The van der Waals surface area contributed by atoms with E-state index < -0.39 is 18.8 Å². The van der Waals surface area contributed by atoms with E-state index in [1.54, 1.807) is 12.1 Å². The van der Waals surface area contributed by atoms with E-state index in [1.807, 2.05) is 0 Å². The molecule has 0 atom stereocenters. The van der Waals surface area contributed by atoms with Gasteiger partial charge in [0.05, 0.1) is 11.7 Å². The summed E-state index contributed by atoms with van der Waals surface area (Å²) in [7, 11) is 0. The molecule has 84 valence electrons. The van der Waals surface area contributed by atoms with Crippen LogP contribution < -0.4 is 5.11 Å². The zero-order valence-corrected chi connectivity index (χ0v) is 11.0. The molecule has 8 heteroatoms. The third-order valence-corrected chi connectivity index (χ3v) is 1.57. The van der Waals surface area contributed by atoms with Crippen LogP contribution in [0.4, 0.5) is 13.2 Å². The predicted octanol–water partition coefficient (Wildman–Crippen LogP) is 0.472. The molecule has 0 N–H and O–H groups in total. The average Bonchev–Trinajstić information content (AvgIpc) is 2.18. The Balaban J connectivity index is 0.000000293. The Hall–Kier alpha value is -1.01. The molecular weight excluding hydrogens is 280 g/mol. The fourth-order valence-electron chi connectivity index (χ4n) is 0.599. The van der Waals surface area contributed by atoms with Crippen LogP contribution in [0.3, 0.4) is 0 Å². The molecule has 0 radical (unpaired) electrons. The number of aromatic nitrogens is 1. The second-order valence-electron chi connectivity index (χ2n) is 2.47. The maximum Gasteiger partial charge on any atom is 0.0899 e. The summed E-state index contributed by atoms with van der Waals surface area (Å²) < 4.78 is 36.8. The van der Waals surface area contributed by atoms with E-state index in [0.29, 0.717) is 0 Å². The zero-order chi connectivity index (χ0) is 12.6. The largest absolute Gasteiger partial charge is 0.543 e. The zero-order valence-electron chi connectivity index (χ0n) is 8.03. The fraction of sp³-hybridized carbons (Fsp3) is 0.250. The molecule has 0 saturated carbocycles. The summed E-state index contributed by atoms with van der Waals surface area (Å²) in [4.78, 5) is 13.5.